The van der Waals surface area contributed by atoms with Gasteiger partial charge < -0.3 is 4.74 Å². The molecule has 0 saturated carbocycles. The summed E-state index contributed by atoms with van der Waals surface area (Å²) in [7, 11) is 1.37. The van der Waals surface area contributed by atoms with Gasteiger partial charge in [-0.15, -0.1) is 0 Å². The van der Waals surface area contributed by atoms with E-state index < -0.39 is 0 Å². The van der Waals surface area contributed by atoms with Crippen LogP contribution in [-0.2, 0) is 4.74 Å². The van der Waals surface area contributed by atoms with Crippen molar-refractivity contribution in [2.24, 2.45) is 0 Å². The Balaban J connectivity index is 2.51. The van der Waals surface area contributed by atoms with Gasteiger partial charge in [-0.25, -0.2) is 4.79 Å². The number of carbonyl (C=O) groups excluding carboxylic acids is 1. The van der Waals surface area contributed by atoms with Gasteiger partial charge in [0.15, 0.2) is 0 Å². The van der Waals surface area contributed by atoms with Crippen LogP contribution >= 0.6 is 15.9 Å². The van der Waals surface area contributed by atoms with Gasteiger partial charge in [0.25, 0.3) is 0 Å². The Bertz CT molecular complexity index is 537. The first kappa shape index (κ1) is 11.8. The molecule has 2 rings (SSSR count). The lowest BCUT2D eigenvalue weighted by molar-refractivity contribution is 0.0601. The van der Waals surface area contributed by atoms with E-state index in [4.69, 9.17) is 4.74 Å². The maximum absolute atomic E-state index is 11.6. The number of nitrogens with zero attached hydrogens (tertiary/aromatic N) is 1. The average molecular weight is 292 g/mol. The van der Waals surface area contributed by atoms with Crippen molar-refractivity contribution < 1.29 is 9.53 Å². The molecule has 0 aliphatic rings. The number of esters is 1. The van der Waals surface area contributed by atoms with E-state index in [0.717, 1.165) is 15.6 Å². The Morgan fingerprint density at radius 1 is 1.24 bits per heavy atom. The number of hydrogen-bond donors (Lipinski definition) is 0. The summed E-state index contributed by atoms with van der Waals surface area (Å²) in [5.41, 5.74) is 2.22. The predicted octanol–water partition coefficient (Wildman–Crippen LogP) is 3.30. The maximum atomic E-state index is 11.6. The Hall–Kier alpha value is -1.68. The molecule has 0 N–H and O–H groups in total. The van der Waals surface area contributed by atoms with Crippen LogP contribution in [0.2, 0.25) is 0 Å². The van der Waals surface area contributed by atoms with Crippen LogP contribution in [0.3, 0.4) is 0 Å². The maximum Gasteiger partial charge on any atom is 0.338 e. The van der Waals surface area contributed by atoms with E-state index in [2.05, 4.69) is 20.9 Å². The van der Waals surface area contributed by atoms with Crippen molar-refractivity contribution in [2.75, 3.05) is 7.11 Å². The molecule has 0 unspecified atom stereocenters. The molecule has 0 fully saturated rings. The fraction of sp³-hybridized carbons (Fsp3) is 0.0769. The number of halogens is 1. The lowest BCUT2D eigenvalue weighted by Crippen LogP contribution is -2.03. The summed E-state index contributed by atoms with van der Waals surface area (Å²) in [6, 6.07) is 9.34. The van der Waals surface area contributed by atoms with Crippen LogP contribution in [0.1, 0.15) is 10.4 Å². The van der Waals surface area contributed by atoms with Crippen LogP contribution in [0.5, 0.6) is 0 Å². The van der Waals surface area contributed by atoms with Crippen LogP contribution < -0.4 is 0 Å². The fourth-order valence-electron chi connectivity index (χ4n) is 1.54. The summed E-state index contributed by atoms with van der Waals surface area (Å²) in [5, 5.41) is 0. The van der Waals surface area contributed by atoms with Gasteiger partial charge in [0, 0.05) is 22.4 Å². The molecule has 0 amide bonds. The molecule has 17 heavy (non-hydrogen) atoms. The summed E-state index contributed by atoms with van der Waals surface area (Å²) in [6.45, 7) is 0. The minimum Gasteiger partial charge on any atom is -0.465 e. The third-order valence-electron chi connectivity index (χ3n) is 2.38. The van der Waals surface area contributed by atoms with E-state index in [1.165, 1.54) is 7.11 Å². The van der Waals surface area contributed by atoms with E-state index in [1.807, 2.05) is 24.3 Å². The van der Waals surface area contributed by atoms with Crippen LogP contribution in [0.25, 0.3) is 11.1 Å². The van der Waals surface area contributed by atoms with Crippen molar-refractivity contribution in [3.05, 3.63) is 52.8 Å². The first-order valence-electron chi connectivity index (χ1n) is 5.00. The Morgan fingerprint density at radius 2 is 1.94 bits per heavy atom. The quantitative estimate of drug-likeness (QED) is 0.797. The molecular weight excluding hydrogens is 282 g/mol. The summed E-state index contributed by atoms with van der Waals surface area (Å²) < 4.78 is 5.74. The summed E-state index contributed by atoms with van der Waals surface area (Å²) in [6.07, 6.45) is 3.24. The zero-order valence-electron chi connectivity index (χ0n) is 9.18. The molecule has 0 radical (unpaired) electrons. The minimum absolute atomic E-state index is 0.356. The largest absolute Gasteiger partial charge is 0.465 e. The topological polar surface area (TPSA) is 39.2 Å². The summed E-state index contributed by atoms with van der Waals surface area (Å²) in [5.74, 6) is -0.356. The first-order valence-corrected chi connectivity index (χ1v) is 5.80. The second-order valence-corrected chi connectivity index (χ2v) is 4.34. The number of rotatable bonds is 2. The van der Waals surface area contributed by atoms with E-state index in [0.29, 0.717) is 5.56 Å². The van der Waals surface area contributed by atoms with Gasteiger partial charge >= 0.3 is 5.97 Å². The highest BCUT2D eigenvalue weighted by molar-refractivity contribution is 9.10. The van der Waals surface area contributed by atoms with Gasteiger partial charge in [-0.3, -0.25) is 4.98 Å². The first-order chi connectivity index (χ1) is 8.22. The lowest BCUT2D eigenvalue weighted by Gasteiger charge is -2.07. The number of pyridine rings is 1. The zero-order valence-corrected chi connectivity index (χ0v) is 10.8. The SMILES string of the molecule is COC(=O)c1ccncc1-c1ccc(Br)cc1. The molecule has 0 bridgehead atoms. The molecule has 1 aromatic heterocycles. The van der Waals surface area contributed by atoms with Crippen molar-refractivity contribution in [2.45, 2.75) is 0 Å². The molecule has 1 aromatic carbocycles. The van der Waals surface area contributed by atoms with Crippen molar-refractivity contribution in [1.82, 2.24) is 4.98 Å². The Labute approximate surface area is 108 Å². The smallest absolute Gasteiger partial charge is 0.338 e. The highest BCUT2D eigenvalue weighted by Crippen LogP contribution is 2.24. The summed E-state index contributed by atoms with van der Waals surface area (Å²) in [4.78, 5) is 15.7. The van der Waals surface area contributed by atoms with Crippen LogP contribution in [0.15, 0.2) is 47.2 Å². The predicted molar refractivity (Wildman–Crippen MR) is 68.7 cm³/mol. The fourth-order valence-corrected chi connectivity index (χ4v) is 1.81. The van der Waals surface area contributed by atoms with Crippen LogP contribution in [0.4, 0.5) is 0 Å². The van der Waals surface area contributed by atoms with Crippen molar-refractivity contribution in [1.29, 1.82) is 0 Å². The van der Waals surface area contributed by atoms with Gasteiger partial charge in [0.1, 0.15) is 0 Å². The monoisotopic (exact) mass is 291 g/mol. The van der Waals surface area contributed by atoms with E-state index in [1.54, 1.807) is 18.5 Å². The molecule has 0 aliphatic heterocycles. The van der Waals surface area contributed by atoms with Gasteiger partial charge in [-0.1, -0.05) is 28.1 Å². The van der Waals surface area contributed by atoms with Gasteiger partial charge in [0.05, 0.1) is 12.7 Å². The number of methoxy groups -OCH3 is 1. The number of aromatic nitrogens is 1. The molecule has 2 aromatic rings. The van der Waals surface area contributed by atoms with Gasteiger partial charge in [-0.05, 0) is 23.8 Å². The number of benzene rings is 1. The van der Waals surface area contributed by atoms with Crippen LogP contribution in [0, 0.1) is 0 Å². The molecule has 3 nitrogen and oxygen atoms in total. The standard InChI is InChI=1S/C13H10BrNO2/c1-17-13(16)11-6-7-15-8-12(11)9-2-4-10(14)5-3-9/h2-8H,1H3. The number of carbonyl (C=O) groups is 1. The highest BCUT2D eigenvalue weighted by atomic mass is 79.9. The number of ether oxygens (including phenoxy) is 1. The van der Waals surface area contributed by atoms with Crippen LogP contribution in [-0.4, -0.2) is 18.1 Å². The molecule has 0 spiro atoms. The molecule has 0 saturated heterocycles. The Morgan fingerprint density at radius 3 is 2.59 bits per heavy atom. The Kier molecular flexibility index (Phi) is 3.54. The molecular formula is C13H10BrNO2. The second kappa shape index (κ2) is 5.10. The lowest BCUT2D eigenvalue weighted by atomic mass is 10.0. The average Bonchev–Trinajstić information content (AvgIpc) is 2.39. The highest BCUT2D eigenvalue weighted by Gasteiger charge is 2.12. The van der Waals surface area contributed by atoms with E-state index in [-0.39, 0.29) is 5.97 Å². The van der Waals surface area contributed by atoms with E-state index >= 15 is 0 Å². The third kappa shape index (κ3) is 2.53. The molecule has 4 heteroatoms. The summed E-state index contributed by atoms with van der Waals surface area (Å²) >= 11 is 3.37. The molecule has 0 atom stereocenters. The third-order valence-corrected chi connectivity index (χ3v) is 2.91. The van der Waals surface area contributed by atoms with Gasteiger partial charge in [-0.2, -0.15) is 0 Å². The van der Waals surface area contributed by atoms with Crippen molar-refractivity contribution >= 4 is 21.9 Å². The van der Waals surface area contributed by atoms with Crippen molar-refractivity contribution in [3.8, 4) is 11.1 Å². The second-order valence-electron chi connectivity index (χ2n) is 3.42. The van der Waals surface area contributed by atoms with Gasteiger partial charge in [0.2, 0.25) is 0 Å². The molecule has 0 aliphatic carbocycles. The van der Waals surface area contributed by atoms with E-state index in [9.17, 15) is 4.79 Å². The molecule has 86 valence electrons. The molecule has 1 heterocycles. The van der Waals surface area contributed by atoms with Crippen molar-refractivity contribution in [3.63, 3.8) is 0 Å². The number of hydrogen-bond acceptors (Lipinski definition) is 3. The minimum atomic E-state index is -0.356. The normalized spacial score (nSPS) is 10.0. The zero-order chi connectivity index (χ0) is 12.3.